The molecule has 0 radical (unpaired) electrons. The number of carbonyl (C=O) groups excluding carboxylic acids is 1. The summed E-state index contributed by atoms with van der Waals surface area (Å²) >= 11 is 0. The Morgan fingerprint density at radius 3 is 3.14 bits per heavy atom. The summed E-state index contributed by atoms with van der Waals surface area (Å²) in [6.07, 6.45) is 6.66. The number of carbonyl (C=O) groups is 1. The van der Waals surface area contributed by atoms with Gasteiger partial charge >= 0.3 is 0 Å². The molecule has 0 N–H and O–H groups in total. The summed E-state index contributed by atoms with van der Waals surface area (Å²) in [5, 5.41) is 0. The molecule has 0 aromatic carbocycles. The Morgan fingerprint density at radius 1 is 1.50 bits per heavy atom. The summed E-state index contributed by atoms with van der Waals surface area (Å²) in [5.74, 6) is -0.0610. The predicted molar refractivity (Wildman–Crippen MR) is 51.1 cm³/mol. The molecule has 76 valence electrons. The van der Waals surface area contributed by atoms with Gasteiger partial charge in [0.25, 0.3) is 0 Å². The van der Waals surface area contributed by atoms with Crippen LogP contribution in [0, 0.1) is 0 Å². The molecule has 0 bridgehead atoms. The van der Waals surface area contributed by atoms with E-state index >= 15 is 0 Å². The molecule has 2 aliphatic heterocycles. The standard InChI is InChI=1S/C10H13NO3/c12-8-4-5-11-7-9(8)14-10-3-1-2-6-13-10/h4-5,7,9-10H,1-3,6H2. The topological polar surface area (TPSA) is 47.9 Å². The monoisotopic (exact) mass is 195 g/mol. The number of rotatable bonds is 2. The summed E-state index contributed by atoms with van der Waals surface area (Å²) in [5.41, 5.74) is 0. The molecule has 4 heteroatoms. The van der Waals surface area contributed by atoms with E-state index in [0.29, 0.717) is 0 Å². The lowest BCUT2D eigenvalue weighted by Gasteiger charge is -2.25. The third kappa shape index (κ3) is 2.27. The number of hydrogen-bond donors (Lipinski definition) is 0. The van der Waals surface area contributed by atoms with E-state index in [-0.39, 0.29) is 12.1 Å². The Bertz CT molecular complexity index is 267. The zero-order chi connectivity index (χ0) is 9.80. The zero-order valence-electron chi connectivity index (χ0n) is 7.89. The van der Waals surface area contributed by atoms with Crippen molar-refractivity contribution >= 4 is 12.0 Å². The summed E-state index contributed by atoms with van der Waals surface area (Å²) in [7, 11) is 0. The van der Waals surface area contributed by atoms with Gasteiger partial charge in [-0.3, -0.25) is 9.79 Å². The van der Waals surface area contributed by atoms with Gasteiger partial charge in [-0.2, -0.15) is 0 Å². The maximum absolute atomic E-state index is 11.3. The van der Waals surface area contributed by atoms with E-state index in [1.54, 1.807) is 0 Å². The van der Waals surface area contributed by atoms with Crippen molar-refractivity contribution in [1.82, 2.24) is 0 Å². The van der Waals surface area contributed by atoms with Gasteiger partial charge < -0.3 is 9.47 Å². The van der Waals surface area contributed by atoms with Crippen molar-refractivity contribution in [2.45, 2.75) is 31.7 Å². The lowest BCUT2D eigenvalue weighted by molar-refractivity contribution is -0.177. The third-order valence-corrected chi connectivity index (χ3v) is 2.26. The van der Waals surface area contributed by atoms with Crippen LogP contribution in [0.2, 0.25) is 0 Å². The van der Waals surface area contributed by atoms with Gasteiger partial charge in [-0.25, -0.2) is 0 Å². The van der Waals surface area contributed by atoms with E-state index in [9.17, 15) is 4.79 Å². The van der Waals surface area contributed by atoms with Gasteiger partial charge in [0, 0.05) is 25.1 Å². The molecule has 2 aliphatic rings. The van der Waals surface area contributed by atoms with E-state index in [1.165, 1.54) is 18.5 Å². The van der Waals surface area contributed by atoms with Crippen LogP contribution in [0.4, 0.5) is 0 Å². The Morgan fingerprint density at radius 2 is 2.43 bits per heavy atom. The second-order valence-electron chi connectivity index (χ2n) is 3.37. The van der Waals surface area contributed by atoms with E-state index in [4.69, 9.17) is 9.47 Å². The maximum atomic E-state index is 11.3. The SMILES string of the molecule is O=C1C=CN=CC1OC1CCCCO1. The van der Waals surface area contributed by atoms with Crippen molar-refractivity contribution in [3.8, 4) is 0 Å². The Kier molecular flexibility index (Phi) is 3.06. The van der Waals surface area contributed by atoms with E-state index in [1.807, 2.05) is 0 Å². The lowest BCUT2D eigenvalue weighted by Crippen LogP contribution is -2.34. The quantitative estimate of drug-likeness (QED) is 0.662. The highest BCUT2D eigenvalue weighted by molar-refractivity contribution is 6.06. The molecule has 1 fully saturated rings. The van der Waals surface area contributed by atoms with Gasteiger partial charge in [0.05, 0.1) is 0 Å². The van der Waals surface area contributed by atoms with E-state index in [0.717, 1.165) is 25.9 Å². The number of aliphatic imine (C=N–C) groups is 1. The summed E-state index contributed by atoms with van der Waals surface area (Å²) in [6.45, 7) is 0.721. The second kappa shape index (κ2) is 4.48. The normalized spacial score (nSPS) is 32.1. The first-order chi connectivity index (χ1) is 6.86. The largest absolute Gasteiger partial charge is 0.353 e. The molecule has 14 heavy (non-hydrogen) atoms. The summed E-state index contributed by atoms with van der Waals surface area (Å²) in [4.78, 5) is 15.2. The smallest absolute Gasteiger partial charge is 0.191 e. The van der Waals surface area contributed by atoms with Crippen LogP contribution in [0.1, 0.15) is 19.3 Å². The fourth-order valence-corrected chi connectivity index (χ4v) is 1.50. The van der Waals surface area contributed by atoms with Crippen LogP contribution in [0.3, 0.4) is 0 Å². The van der Waals surface area contributed by atoms with Gasteiger partial charge in [-0.05, 0) is 19.3 Å². The number of nitrogens with zero attached hydrogens (tertiary/aromatic N) is 1. The van der Waals surface area contributed by atoms with Gasteiger partial charge in [0.1, 0.15) is 0 Å². The van der Waals surface area contributed by atoms with Crippen molar-refractivity contribution in [1.29, 1.82) is 0 Å². The Labute approximate surface area is 82.6 Å². The average Bonchev–Trinajstić information content (AvgIpc) is 2.23. The van der Waals surface area contributed by atoms with Crippen LogP contribution in [-0.4, -0.2) is 31.0 Å². The molecule has 0 amide bonds. The first-order valence-electron chi connectivity index (χ1n) is 4.87. The number of hydrogen-bond acceptors (Lipinski definition) is 4. The molecule has 2 unspecified atom stereocenters. The molecule has 0 aliphatic carbocycles. The summed E-state index contributed by atoms with van der Waals surface area (Å²) < 4.78 is 10.8. The molecule has 2 rings (SSSR count). The van der Waals surface area contributed by atoms with Crippen LogP contribution in [-0.2, 0) is 14.3 Å². The molecule has 0 aromatic rings. The van der Waals surface area contributed by atoms with Crippen molar-refractivity contribution in [2.75, 3.05) is 6.61 Å². The minimum absolute atomic E-state index is 0.0610. The molecule has 0 saturated carbocycles. The summed E-state index contributed by atoms with van der Waals surface area (Å²) in [6, 6.07) is 0. The zero-order valence-corrected chi connectivity index (χ0v) is 7.89. The lowest BCUT2D eigenvalue weighted by atomic mass is 10.2. The first kappa shape index (κ1) is 9.55. The van der Waals surface area contributed by atoms with Gasteiger partial charge in [0.2, 0.25) is 0 Å². The predicted octanol–water partition coefficient (Wildman–Crippen LogP) is 1.07. The highest BCUT2D eigenvalue weighted by Crippen LogP contribution is 2.16. The highest BCUT2D eigenvalue weighted by atomic mass is 16.7. The average molecular weight is 195 g/mol. The minimum Gasteiger partial charge on any atom is -0.353 e. The molecule has 0 spiro atoms. The van der Waals surface area contributed by atoms with Gasteiger partial charge in [0.15, 0.2) is 18.2 Å². The van der Waals surface area contributed by atoms with Crippen LogP contribution in [0.25, 0.3) is 0 Å². The number of ether oxygens (including phenoxy) is 2. The minimum atomic E-state index is -0.553. The van der Waals surface area contributed by atoms with Crippen molar-refractivity contribution in [3.05, 3.63) is 12.3 Å². The molecule has 2 atom stereocenters. The van der Waals surface area contributed by atoms with Crippen LogP contribution in [0.5, 0.6) is 0 Å². The van der Waals surface area contributed by atoms with Crippen LogP contribution >= 0.6 is 0 Å². The van der Waals surface area contributed by atoms with Crippen molar-refractivity contribution in [3.63, 3.8) is 0 Å². The van der Waals surface area contributed by atoms with Crippen LogP contribution in [0.15, 0.2) is 17.3 Å². The van der Waals surface area contributed by atoms with E-state index in [2.05, 4.69) is 4.99 Å². The van der Waals surface area contributed by atoms with Crippen molar-refractivity contribution in [2.24, 2.45) is 4.99 Å². The van der Waals surface area contributed by atoms with E-state index < -0.39 is 6.10 Å². The highest BCUT2D eigenvalue weighted by Gasteiger charge is 2.23. The van der Waals surface area contributed by atoms with Gasteiger partial charge in [-0.1, -0.05) is 0 Å². The number of ketones is 1. The Hall–Kier alpha value is -1.00. The van der Waals surface area contributed by atoms with Crippen LogP contribution < -0.4 is 0 Å². The molecular formula is C10H13NO3. The molecule has 1 saturated heterocycles. The molecular weight excluding hydrogens is 182 g/mol. The van der Waals surface area contributed by atoms with Gasteiger partial charge in [-0.15, -0.1) is 0 Å². The Balaban J connectivity index is 1.87. The molecule has 2 heterocycles. The third-order valence-electron chi connectivity index (χ3n) is 2.26. The molecule has 0 aromatic heterocycles. The second-order valence-corrected chi connectivity index (χ2v) is 3.37. The van der Waals surface area contributed by atoms with Crippen molar-refractivity contribution < 1.29 is 14.3 Å². The maximum Gasteiger partial charge on any atom is 0.191 e. The first-order valence-corrected chi connectivity index (χ1v) is 4.87. The fourth-order valence-electron chi connectivity index (χ4n) is 1.50. The fraction of sp³-hybridized carbons (Fsp3) is 0.600. The molecule has 4 nitrogen and oxygen atoms in total.